The molecule has 2 atom stereocenters. The van der Waals surface area contributed by atoms with E-state index < -0.39 is 12.1 Å². The Labute approximate surface area is 202 Å². The van der Waals surface area contributed by atoms with Crippen molar-refractivity contribution in [2.24, 2.45) is 11.1 Å². The molecule has 0 amide bonds. The Morgan fingerprint density at radius 2 is 1.97 bits per heavy atom. The SMILES string of the molecule is C[C@@H]1OCC2(CCN(c3cnc(Sc4ccnc5cn[nH]c45)cn3)CC2)[C@@H]1N.O=C(O)C(F)(F)F. The van der Waals surface area contributed by atoms with E-state index >= 15 is 0 Å². The molecule has 35 heavy (non-hydrogen) atoms. The second-order valence-electron chi connectivity index (χ2n) is 8.45. The molecule has 0 aliphatic carbocycles. The van der Waals surface area contributed by atoms with E-state index in [9.17, 15) is 13.2 Å². The van der Waals surface area contributed by atoms with Crippen molar-refractivity contribution in [3.8, 4) is 0 Å². The van der Waals surface area contributed by atoms with Crippen LogP contribution in [0, 0.1) is 5.41 Å². The molecular formula is C21H24F3N7O3S. The molecule has 0 radical (unpaired) electrons. The van der Waals surface area contributed by atoms with Gasteiger partial charge in [0.05, 0.1) is 36.8 Å². The zero-order valence-electron chi connectivity index (χ0n) is 18.7. The third-order valence-corrected chi connectivity index (χ3v) is 7.29. The van der Waals surface area contributed by atoms with E-state index in [0.29, 0.717) is 0 Å². The first kappa shape index (κ1) is 25.1. The normalized spacial score (nSPS) is 21.7. The summed E-state index contributed by atoms with van der Waals surface area (Å²) in [6.45, 7) is 4.72. The number of nitrogens with one attached hydrogen (secondary N) is 1. The fraction of sp³-hybridized carbons (Fsp3) is 0.476. The number of ether oxygens (including phenoxy) is 1. The van der Waals surface area contributed by atoms with Crippen molar-refractivity contribution in [2.75, 3.05) is 24.6 Å². The second kappa shape index (κ2) is 9.95. The number of hydrogen-bond acceptors (Lipinski definition) is 9. The zero-order valence-corrected chi connectivity index (χ0v) is 19.5. The van der Waals surface area contributed by atoms with Gasteiger partial charge in [-0.15, -0.1) is 0 Å². The molecule has 188 valence electrons. The lowest BCUT2D eigenvalue weighted by Crippen LogP contribution is -2.50. The maximum atomic E-state index is 10.6. The highest BCUT2D eigenvalue weighted by Crippen LogP contribution is 2.41. The highest BCUT2D eigenvalue weighted by molar-refractivity contribution is 7.99. The molecule has 5 rings (SSSR count). The molecule has 2 aliphatic heterocycles. The maximum absolute atomic E-state index is 10.6. The van der Waals surface area contributed by atoms with E-state index in [-0.39, 0.29) is 17.6 Å². The zero-order chi connectivity index (χ0) is 25.2. The quantitative estimate of drug-likeness (QED) is 0.480. The number of anilines is 1. The number of pyridine rings is 1. The molecule has 3 aromatic heterocycles. The number of aliphatic carboxylic acids is 1. The number of nitrogens with two attached hydrogens (primary N) is 1. The summed E-state index contributed by atoms with van der Waals surface area (Å²) in [5.74, 6) is -1.84. The smallest absolute Gasteiger partial charge is 0.475 e. The lowest BCUT2D eigenvalue weighted by atomic mass is 9.73. The summed E-state index contributed by atoms with van der Waals surface area (Å²) in [6.07, 6.45) is 4.33. The van der Waals surface area contributed by atoms with Gasteiger partial charge in [0, 0.05) is 35.6 Å². The van der Waals surface area contributed by atoms with Gasteiger partial charge in [0.15, 0.2) is 0 Å². The van der Waals surface area contributed by atoms with Crippen LogP contribution >= 0.6 is 11.8 Å². The van der Waals surface area contributed by atoms with E-state index in [1.54, 1.807) is 24.2 Å². The molecule has 2 aliphatic rings. The molecule has 0 saturated carbocycles. The highest BCUT2D eigenvalue weighted by atomic mass is 32.2. The van der Waals surface area contributed by atoms with Crippen LogP contribution in [-0.2, 0) is 9.53 Å². The summed E-state index contributed by atoms with van der Waals surface area (Å²) in [6, 6.07) is 2.08. The Balaban J connectivity index is 0.000000364. The van der Waals surface area contributed by atoms with Crippen molar-refractivity contribution in [1.29, 1.82) is 0 Å². The Hall–Kier alpha value is -2.97. The van der Waals surface area contributed by atoms with E-state index in [0.717, 1.165) is 59.3 Å². The number of H-pyrrole nitrogens is 1. The highest BCUT2D eigenvalue weighted by Gasteiger charge is 2.47. The van der Waals surface area contributed by atoms with Crippen LogP contribution in [0.2, 0.25) is 0 Å². The van der Waals surface area contributed by atoms with Crippen molar-refractivity contribution in [1.82, 2.24) is 25.1 Å². The number of hydrogen-bond donors (Lipinski definition) is 3. The number of alkyl halides is 3. The number of nitrogens with zero attached hydrogens (tertiary/aromatic N) is 5. The summed E-state index contributed by atoms with van der Waals surface area (Å²) in [5.41, 5.74) is 8.30. The van der Waals surface area contributed by atoms with Crippen LogP contribution in [0.3, 0.4) is 0 Å². The first-order valence-electron chi connectivity index (χ1n) is 10.8. The van der Waals surface area contributed by atoms with E-state index in [4.69, 9.17) is 20.4 Å². The van der Waals surface area contributed by atoms with Gasteiger partial charge in [-0.1, -0.05) is 11.8 Å². The average Bonchev–Trinajstić information content (AvgIpc) is 3.42. The molecule has 0 aromatic carbocycles. The number of halogens is 3. The predicted molar refractivity (Wildman–Crippen MR) is 121 cm³/mol. The molecule has 3 aromatic rings. The van der Waals surface area contributed by atoms with Crippen molar-refractivity contribution in [3.63, 3.8) is 0 Å². The van der Waals surface area contributed by atoms with Crippen molar-refractivity contribution < 1.29 is 27.8 Å². The third kappa shape index (κ3) is 5.49. The fourth-order valence-corrected chi connectivity index (χ4v) is 5.02. The number of fused-ring (bicyclic) bond motifs is 1. The molecular weight excluding hydrogens is 487 g/mol. The van der Waals surface area contributed by atoms with Crippen LogP contribution in [-0.4, -0.2) is 74.2 Å². The molecule has 0 unspecified atom stereocenters. The molecule has 14 heteroatoms. The minimum atomic E-state index is -5.08. The van der Waals surface area contributed by atoms with Crippen LogP contribution in [0.5, 0.6) is 0 Å². The fourth-order valence-electron chi connectivity index (χ4n) is 4.20. The van der Waals surface area contributed by atoms with Gasteiger partial charge in [-0.05, 0) is 25.8 Å². The van der Waals surface area contributed by atoms with Crippen LogP contribution < -0.4 is 10.6 Å². The van der Waals surface area contributed by atoms with E-state index in [2.05, 4.69) is 37.0 Å². The largest absolute Gasteiger partial charge is 0.490 e. The summed E-state index contributed by atoms with van der Waals surface area (Å²) in [5, 5.41) is 15.0. The number of piperidine rings is 1. The topological polar surface area (TPSA) is 143 Å². The second-order valence-corrected chi connectivity index (χ2v) is 9.51. The van der Waals surface area contributed by atoms with Gasteiger partial charge in [-0.25, -0.2) is 14.8 Å². The van der Waals surface area contributed by atoms with Crippen LogP contribution in [0.15, 0.2) is 40.8 Å². The number of aromatic amines is 1. The van der Waals surface area contributed by atoms with Crippen molar-refractivity contribution in [2.45, 2.75) is 48.0 Å². The molecule has 5 heterocycles. The molecule has 0 bridgehead atoms. The van der Waals surface area contributed by atoms with Gasteiger partial charge < -0.3 is 20.5 Å². The van der Waals surface area contributed by atoms with Gasteiger partial charge in [0.1, 0.15) is 16.4 Å². The Bertz CT molecular complexity index is 1170. The van der Waals surface area contributed by atoms with Crippen molar-refractivity contribution in [3.05, 3.63) is 30.9 Å². The summed E-state index contributed by atoms with van der Waals surface area (Å²) in [7, 11) is 0. The molecule has 10 nitrogen and oxygen atoms in total. The standard InChI is InChI=1S/C19H23N7OS.C2HF3O2/c1-12-18(20)19(11-27-12)3-6-26(7-4-19)15-9-23-16(10-22-15)28-14-2-5-21-13-8-24-25-17(13)14;3-2(4,5)1(6)7/h2,5,8-10,12,18H,3-4,6-7,11,20H2,1H3,(H,24,25);(H,6,7)/t12-,18+;/m0./s1. The summed E-state index contributed by atoms with van der Waals surface area (Å²) < 4.78 is 37.5. The van der Waals surface area contributed by atoms with E-state index in [1.165, 1.54) is 0 Å². The minimum Gasteiger partial charge on any atom is -0.475 e. The Kier molecular flexibility index (Phi) is 7.15. The lowest BCUT2D eigenvalue weighted by molar-refractivity contribution is -0.192. The van der Waals surface area contributed by atoms with Gasteiger partial charge in [0.25, 0.3) is 0 Å². The first-order chi connectivity index (χ1) is 16.6. The molecule has 4 N–H and O–H groups in total. The number of rotatable bonds is 3. The van der Waals surface area contributed by atoms with Gasteiger partial charge in [0.2, 0.25) is 0 Å². The summed E-state index contributed by atoms with van der Waals surface area (Å²) in [4.78, 5) is 25.8. The van der Waals surface area contributed by atoms with Gasteiger partial charge in [-0.3, -0.25) is 10.1 Å². The third-order valence-electron chi connectivity index (χ3n) is 6.31. The minimum absolute atomic E-state index is 0.121. The Morgan fingerprint density at radius 3 is 2.54 bits per heavy atom. The van der Waals surface area contributed by atoms with E-state index in [1.807, 2.05) is 18.5 Å². The molecule has 1 spiro atoms. The maximum Gasteiger partial charge on any atom is 0.490 e. The lowest BCUT2D eigenvalue weighted by Gasteiger charge is -2.41. The number of aromatic nitrogens is 5. The van der Waals surface area contributed by atoms with Crippen LogP contribution in [0.4, 0.5) is 19.0 Å². The first-order valence-corrected chi connectivity index (χ1v) is 11.6. The summed E-state index contributed by atoms with van der Waals surface area (Å²) >= 11 is 1.56. The van der Waals surface area contributed by atoms with Crippen LogP contribution in [0.1, 0.15) is 19.8 Å². The predicted octanol–water partition coefficient (Wildman–Crippen LogP) is 2.87. The van der Waals surface area contributed by atoms with Gasteiger partial charge >= 0.3 is 12.1 Å². The molecule has 2 saturated heterocycles. The average molecular weight is 512 g/mol. The Morgan fingerprint density at radius 1 is 1.26 bits per heavy atom. The number of carboxylic acids is 1. The van der Waals surface area contributed by atoms with Crippen LogP contribution in [0.25, 0.3) is 11.0 Å². The molecule has 2 fully saturated rings. The number of carbonyl (C=O) groups is 1. The monoisotopic (exact) mass is 511 g/mol. The van der Waals surface area contributed by atoms with Crippen molar-refractivity contribution >= 4 is 34.6 Å². The van der Waals surface area contributed by atoms with Gasteiger partial charge in [-0.2, -0.15) is 18.3 Å². The number of carboxylic acid groups (broad SMARTS) is 1.